The molecule has 1 N–H and O–H groups in total. The average Bonchev–Trinajstić information content (AvgIpc) is 3.18. The van der Waals surface area contributed by atoms with Crippen molar-refractivity contribution >= 4 is 12.4 Å². The van der Waals surface area contributed by atoms with Crippen molar-refractivity contribution < 1.29 is 14.3 Å². The van der Waals surface area contributed by atoms with Crippen LogP contribution in [0.25, 0.3) is 0 Å². The zero-order valence-corrected chi connectivity index (χ0v) is 12.9. The van der Waals surface area contributed by atoms with E-state index in [-0.39, 0.29) is 23.4 Å². The Balaban J connectivity index is 1.94. The van der Waals surface area contributed by atoms with E-state index in [4.69, 9.17) is 4.74 Å². The molecule has 1 saturated carbocycles. The Morgan fingerprint density at radius 3 is 2.57 bits per heavy atom. The SMILES string of the molecule is CC(C)(C)CNC(=O)OC[C@]1(c2ccccc2)C[C@H]1C=O. The van der Waals surface area contributed by atoms with Gasteiger partial charge in [0, 0.05) is 17.9 Å². The minimum Gasteiger partial charge on any atom is -0.449 e. The highest BCUT2D eigenvalue weighted by molar-refractivity contribution is 5.68. The number of benzene rings is 1. The molecular weight excluding hydrogens is 266 g/mol. The van der Waals surface area contributed by atoms with Crippen molar-refractivity contribution in [3.63, 3.8) is 0 Å². The second kappa shape index (κ2) is 5.88. The van der Waals surface area contributed by atoms with Crippen molar-refractivity contribution in [3.05, 3.63) is 35.9 Å². The van der Waals surface area contributed by atoms with Crippen molar-refractivity contribution in [2.24, 2.45) is 11.3 Å². The van der Waals surface area contributed by atoms with Crippen molar-refractivity contribution in [3.8, 4) is 0 Å². The van der Waals surface area contributed by atoms with E-state index in [9.17, 15) is 9.59 Å². The van der Waals surface area contributed by atoms with Crippen LogP contribution in [0.1, 0.15) is 32.8 Å². The first-order valence-electron chi connectivity index (χ1n) is 7.29. The first-order chi connectivity index (χ1) is 9.87. The summed E-state index contributed by atoms with van der Waals surface area (Å²) in [4.78, 5) is 22.9. The summed E-state index contributed by atoms with van der Waals surface area (Å²) in [7, 11) is 0. The molecule has 0 aliphatic heterocycles. The van der Waals surface area contributed by atoms with Crippen molar-refractivity contribution in [1.29, 1.82) is 0 Å². The van der Waals surface area contributed by atoms with E-state index in [1.807, 2.05) is 51.1 Å². The van der Waals surface area contributed by atoms with E-state index in [0.717, 1.165) is 18.3 Å². The van der Waals surface area contributed by atoms with Crippen LogP contribution in [0.15, 0.2) is 30.3 Å². The van der Waals surface area contributed by atoms with Crippen LogP contribution in [-0.4, -0.2) is 25.5 Å². The Hall–Kier alpha value is -1.84. The Morgan fingerprint density at radius 1 is 1.38 bits per heavy atom. The fourth-order valence-electron chi connectivity index (χ4n) is 2.45. The summed E-state index contributed by atoms with van der Waals surface area (Å²) < 4.78 is 5.34. The summed E-state index contributed by atoms with van der Waals surface area (Å²) in [5.74, 6) is -0.0599. The number of rotatable bonds is 5. The molecule has 2 atom stereocenters. The molecule has 0 spiro atoms. The molecule has 0 radical (unpaired) electrons. The normalized spacial score (nSPS) is 24.2. The molecule has 21 heavy (non-hydrogen) atoms. The summed E-state index contributed by atoms with van der Waals surface area (Å²) in [5, 5.41) is 2.76. The molecule has 1 aliphatic rings. The maximum Gasteiger partial charge on any atom is 0.407 e. The standard InChI is InChI=1S/C17H23NO3/c1-16(2,3)11-18-15(20)21-12-17(9-14(17)10-19)13-7-5-4-6-8-13/h4-8,10,14H,9,11-12H2,1-3H3,(H,18,20)/t14-,17-/m0/s1. The summed E-state index contributed by atoms with van der Waals surface area (Å²) in [6.07, 6.45) is 1.29. The summed E-state index contributed by atoms with van der Waals surface area (Å²) in [6.45, 7) is 6.93. The molecule has 1 aliphatic carbocycles. The van der Waals surface area contributed by atoms with Crippen LogP contribution in [0.2, 0.25) is 0 Å². The second-order valence-corrected chi connectivity index (χ2v) is 6.96. The second-order valence-electron chi connectivity index (χ2n) is 6.96. The van der Waals surface area contributed by atoms with Gasteiger partial charge in [0.05, 0.1) is 0 Å². The van der Waals surface area contributed by atoms with Gasteiger partial charge in [-0.05, 0) is 17.4 Å². The molecule has 4 nitrogen and oxygen atoms in total. The van der Waals surface area contributed by atoms with E-state index < -0.39 is 6.09 Å². The highest BCUT2D eigenvalue weighted by Crippen LogP contribution is 2.53. The van der Waals surface area contributed by atoms with Gasteiger partial charge in [0.15, 0.2) is 0 Å². The monoisotopic (exact) mass is 289 g/mol. The predicted molar refractivity (Wildman–Crippen MR) is 81.1 cm³/mol. The molecule has 2 rings (SSSR count). The number of hydrogen-bond acceptors (Lipinski definition) is 3. The maximum atomic E-state index is 11.8. The Labute approximate surface area is 125 Å². The van der Waals surface area contributed by atoms with Gasteiger partial charge in [-0.15, -0.1) is 0 Å². The van der Waals surface area contributed by atoms with Gasteiger partial charge in [-0.2, -0.15) is 0 Å². The molecule has 114 valence electrons. The van der Waals surface area contributed by atoms with Crippen LogP contribution in [0.4, 0.5) is 4.79 Å². The molecule has 0 aromatic heterocycles. The largest absolute Gasteiger partial charge is 0.449 e. The molecule has 1 amide bonds. The van der Waals surface area contributed by atoms with Crippen LogP contribution >= 0.6 is 0 Å². The lowest BCUT2D eigenvalue weighted by Gasteiger charge is -2.20. The molecule has 4 heteroatoms. The van der Waals surface area contributed by atoms with Gasteiger partial charge in [-0.1, -0.05) is 51.1 Å². The van der Waals surface area contributed by atoms with Crippen LogP contribution in [0.3, 0.4) is 0 Å². The maximum absolute atomic E-state index is 11.8. The predicted octanol–water partition coefficient (Wildman–Crippen LogP) is 2.92. The summed E-state index contributed by atoms with van der Waals surface area (Å²) >= 11 is 0. The Kier molecular flexibility index (Phi) is 4.35. The van der Waals surface area contributed by atoms with Crippen LogP contribution in [0, 0.1) is 11.3 Å². The fraction of sp³-hybridized carbons (Fsp3) is 0.529. The molecule has 0 bridgehead atoms. The number of alkyl carbamates (subject to hydrolysis) is 1. The molecule has 1 aromatic carbocycles. The van der Waals surface area contributed by atoms with Crippen LogP contribution < -0.4 is 5.32 Å². The first kappa shape index (κ1) is 15.5. The minimum atomic E-state index is -0.420. The third-order valence-corrected chi connectivity index (χ3v) is 3.87. The number of carbonyl (C=O) groups excluding carboxylic acids is 2. The first-order valence-corrected chi connectivity index (χ1v) is 7.29. The highest BCUT2D eigenvalue weighted by Gasteiger charge is 2.56. The number of amides is 1. The lowest BCUT2D eigenvalue weighted by atomic mass is 9.94. The van der Waals surface area contributed by atoms with Crippen LogP contribution in [0.5, 0.6) is 0 Å². The van der Waals surface area contributed by atoms with Crippen molar-refractivity contribution in [1.82, 2.24) is 5.32 Å². The summed E-state index contributed by atoms with van der Waals surface area (Å²) in [5.41, 5.74) is 0.745. The van der Waals surface area contributed by atoms with E-state index in [0.29, 0.717) is 6.54 Å². The number of hydrogen-bond donors (Lipinski definition) is 1. The van der Waals surface area contributed by atoms with Gasteiger partial charge in [0.25, 0.3) is 0 Å². The van der Waals surface area contributed by atoms with Crippen molar-refractivity contribution in [2.45, 2.75) is 32.6 Å². The van der Waals surface area contributed by atoms with E-state index in [1.54, 1.807) is 0 Å². The topological polar surface area (TPSA) is 55.4 Å². The number of aldehydes is 1. The van der Waals surface area contributed by atoms with Gasteiger partial charge in [-0.25, -0.2) is 4.79 Å². The average molecular weight is 289 g/mol. The Bertz CT molecular complexity index is 507. The van der Waals surface area contributed by atoms with Gasteiger partial charge >= 0.3 is 6.09 Å². The lowest BCUT2D eigenvalue weighted by Crippen LogP contribution is -2.34. The number of nitrogens with one attached hydrogen (secondary N) is 1. The smallest absolute Gasteiger partial charge is 0.407 e. The van der Waals surface area contributed by atoms with Crippen molar-refractivity contribution in [2.75, 3.05) is 13.2 Å². The number of carbonyl (C=O) groups is 2. The molecule has 0 saturated heterocycles. The molecule has 1 aromatic rings. The third-order valence-electron chi connectivity index (χ3n) is 3.87. The fourth-order valence-corrected chi connectivity index (χ4v) is 2.45. The van der Waals surface area contributed by atoms with Gasteiger partial charge in [0.1, 0.15) is 12.9 Å². The minimum absolute atomic E-state index is 0.0149. The third kappa shape index (κ3) is 3.84. The molecule has 1 fully saturated rings. The highest BCUT2D eigenvalue weighted by atomic mass is 16.5. The zero-order chi connectivity index (χ0) is 15.5. The number of ether oxygens (including phenoxy) is 1. The quantitative estimate of drug-likeness (QED) is 0.848. The molecular formula is C17H23NO3. The Morgan fingerprint density at radius 2 is 2.05 bits per heavy atom. The summed E-state index contributed by atoms with van der Waals surface area (Å²) in [6, 6.07) is 9.79. The van der Waals surface area contributed by atoms with E-state index in [1.165, 1.54) is 0 Å². The van der Waals surface area contributed by atoms with Gasteiger partial charge in [0.2, 0.25) is 0 Å². The van der Waals surface area contributed by atoms with E-state index in [2.05, 4.69) is 5.32 Å². The molecule has 0 unspecified atom stereocenters. The van der Waals surface area contributed by atoms with Gasteiger partial charge in [-0.3, -0.25) is 0 Å². The van der Waals surface area contributed by atoms with Crippen LogP contribution in [-0.2, 0) is 14.9 Å². The van der Waals surface area contributed by atoms with E-state index >= 15 is 0 Å². The lowest BCUT2D eigenvalue weighted by molar-refractivity contribution is -0.109. The molecule has 0 heterocycles. The van der Waals surface area contributed by atoms with Gasteiger partial charge < -0.3 is 14.8 Å². The zero-order valence-electron chi connectivity index (χ0n) is 12.9.